The van der Waals surface area contributed by atoms with Gasteiger partial charge in [0.05, 0.1) is 5.69 Å². The predicted molar refractivity (Wildman–Crippen MR) is 115 cm³/mol. The zero-order valence-corrected chi connectivity index (χ0v) is 17.8. The van der Waals surface area contributed by atoms with Gasteiger partial charge in [0.25, 0.3) is 5.91 Å². The molecule has 1 aliphatic heterocycles. The van der Waals surface area contributed by atoms with Crippen LogP contribution in [-0.2, 0) is 0 Å². The maximum Gasteiger partial charge on any atom is 0.291 e. The third kappa shape index (κ3) is 4.17. The number of thiazole rings is 1. The number of para-hydroxylation sites is 1. The van der Waals surface area contributed by atoms with Gasteiger partial charge >= 0.3 is 0 Å². The van der Waals surface area contributed by atoms with Crippen LogP contribution in [0.3, 0.4) is 0 Å². The molecule has 1 amide bonds. The summed E-state index contributed by atoms with van der Waals surface area (Å²) in [4.78, 5) is 23.8. The minimum absolute atomic E-state index is 0.133. The summed E-state index contributed by atoms with van der Waals surface area (Å²) in [6.45, 7) is 7.96. The van der Waals surface area contributed by atoms with E-state index in [9.17, 15) is 4.79 Å². The Labute approximate surface area is 174 Å². The highest BCUT2D eigenvalue weighted by Crippen LogP contribution is 2.24. The van der Waals surface area contributed by atoms with Gasteiger partial charge in [0.15, 0.2) is 5.13 Å². The van der Waals surface area contributed by atoms with Crippen LogP contribution in [0.1, 0.15) is 54.6 Å². The van der Waals surface area contributed by atoms with Crippen molar-refractivity contribution in [3.63, 3.8) is 0 Å². The molecule has 152 valence electrons. The summed E-state index contributed by atoms with van der Waals surface area (Å²) in [6, 6.07) is 8.26. The fourth-order valence-corrected chi connectivity index (χ4v) is 4.42. The Morgan fingerprint density at radius 1 is 1.24 bits per heavy atom. The maximum atomic E-state index is 12.8. The SMILES string of the molecule is Cc1nc(C(=O)NC2CCN(c3nccs3)CC2)nn1-c1ccccc1C(C)C. The molecule has 0 aliphatic carbocycles. The Hall–Kier alpha value is -2.74. The zero-order chi connectivity index (χ0) is 20.4. The van der Waals surface area contributed by atoms with Gasteiger partial charge in [-0.05, 0) is 37.3 Å². The van der Waals surface area contributed by atoms with Gasteiger partial charge in [-0.1, -0.05) is 32.0 Å². The molecule has 1 N–H and O–H groups in total. The van der Waals surface area contributed by atoms with E-state index in [4.69, 9.17) is 0 Å². The highest BCUT2D eigenvalue weighted by molar-refractivity contribution is 7.13. The van der Waals surface area contributed by atoms with Crippen molar-refractivity contribution in [1.82, 2.24) is 25.1 Å². The van der Waals surface area contributed by atoms with Gasteiger partial charge < -0.3 is 10.2 Å². The number of aryl methyl sites for hydroxylation is 1. The molecule has 1 aliphatic rings. The molecule has 0 bridgehead atoms. The molecule has 0 spiro atoms. The highest BCUT2D eigenvalue weighted by atomic mass is 32.1. The largest absolute Gasteiger partial charge is 0.348 e. The van der Waals surface area contributed by atoms with Crippen LogP contribution in [-0.4, -0.2) is 44.8 Å². The monoisotopic (exact) mass is 410 g/mol. The van der Waals surface area contributed by atoms with Crippen LogP contribution in [0.15, 0.2) is 35.8 Å². The molecule has 8 heteroatoms. The minimum Gasteiger partial charge on any atom is -0.348 e. The van der Waals surface area contributed by atoms with Crippen molar-refractivity contribution in [2.24, 2.45) is 0 Å². The lowest BCUT2D eigenvalue weighted by Gasteiger charge is -2.31. The molecule has 0 saturated carbocycles. The molecule has 0 atom stereocenters. The minimum atomic E-state index is -0.207. The van der Waals surface area contributed by atoms with Crippen molar-refractivity contribution < 1.29 is 4.79 Å². The number of anilines is 1. The van der Waals surface area contributed by atoms with E-state index in [1.165, 1.54) is 5.56 Å². The molecule has 2 aromatic heterocycles. The molecule has 29 heavy (non-hydrogen) atoms. The number of hydrogen-bond donors (Lipinski definition) is 1. The number of piperidine rings is 1. The summed E-state index contributed by atoms with van der Waals surface area (Å²) in [5, 5.41) is 10.7. The summed E-state index contributed by atoms with van der Waals surface area (Å²) in [7, 11) is 0. The van der Waals surface area contributed by atoms with Gasteiger partial charge in [0.1, 0.15) is 5.82 Å². The first-order valence-corrected chi connectivity index (χ1v) is 10.9. The standard InChI is InChI=1S/C21H26N6OS/c1-14(2)17-6-4-5-7-18(17)27-15(3)23-19(25-27)20(28)24-16-8-11-26(12-9-16)21-22-10-13-29-21/h4-7,10,13-14,16H,8-9,11-12H2,1-3H3,(H,24,28). The number of aromatic nitrogens is 4. The second-order valence-electron chi connectivity index (χ2n) is 7.66. The lowest BCUT2D eigenvalue weighted by atomic mass is 10.0. The van der Waals surface area contributed by atoms with E-state index in [-0.39, 0.29) is 17.8 Å². The lowest BCUT2D eigenvalue weighted by molar-refractivity contribution is 0.0920. The van der Waals surface area contributed by atoms with Crippen LogP contribution in [0.2, 0.25) is 0 Å². The molecule has 1 fully saturated rings. The predicted octanol–water partition coefficient (Wildman–Crippen LogP) is 3.55. The van der Waals surface area contributed by atoms with Gasteiger partial charge in [-0.3, -0.25) is 4.79 Å². The number of benzene rings is 1. The van der Waals surface area contributed by atoms with Crippen molar-refractivity contribution >= 4 is 22.4 Å². The number of rotatable bonds is 5. The quantitative estimate of drug-likeness (QED) is 0.696. The summed E-state index contributed by atoms with van der Waals surface area (Å²) in [5.74, 6) is 1.09. The Morgan fingerprint density at radius 2 is 2.00 bits per heavy atom. The molecule has 3 heterocycles. The number of hydrogen-bond acceptors (Lipinski definition) is 6. The smallest absolute Gasteiger partial charge is 0.291 e. The van der Waals surface area contributed by atoms with Gasteiger partial charge in [-0.25, -0.2) is 14.6 Å². The third-order valence-electron chi connectivity index (χ3n) is 5.28. The highest BCUT2D eigenvalue weighted by Gasteiger charge is 2.24. The molecule has 7 nitrogen and oxygen atoms in total. The molecule has 1 saturated heterocycles. The van der Waals surface area contributed by atoms with E-state index in [1.807, 2.05) is 36.7 Å². The van der Waals surface area contributed by atoms with Gasteiger partial charge in [-0.2, -0.15) is 0 Å². The Kier molecular flexibility index (Phi) is 5.62. The van der Waals surface area contributed by atoms with E-state index in [0.29, 0.717) is 11.7 Å². The van der Waals surface area contributed by atoms with Gasteiger partial charge in [0.2, 0.25) is 5.82 Å². The number of carbonyl (C=O) groups excluding carboxylic acids is 1. The van der Waals surface area contributed by atoms with E-state index in [2.05, 4.69) is 45.2 Å². The fourth-order valence-electron chi connectivity index (χ4n) is 3.72. The number of nitrogens with zero attached hydrogens (tertiary/aromatic N) is 5. The molecule has 3 aromatic rings. The molecule has 0 radical (unpaired) electrons. The Morgan fingerprint density at radius 3 is 2.69 bits per heavy atom. The van der Waals surface area contributed by atoms with Crippen LogP contribution < -0.4 is 10.2 Å². The van der Waals surface area contributed by atoms with Crippen molar-refractivity contribution in [2.45, 2.75) is 45.6 Å². The molecule has 4 rings (SSSR count). The third-order valence-corrected chi connectivity index (χ3v) is 6.11. The molecular formula is C21H26N6OS. The Balaban J connectivity index is 1.44. The normalized spacial score (nSPS) is 15.1. The van der Waals surface area contributed by atoms with Crippen LogP contribution >= 0.6 is 11.3 Å². The second kappa shape index (κ2) is 8.32. The van der Waals surface area contributed by atoms with E-state index in [0.717, 1.165) is 36.8 Å². The summed E-state index contributed by atoms with van der Waals surface area (Å²) in [5.41, 5.74) is 2.16. The Bertz CT molecular complexity index is 973. The first-order chi connectivity index (χ1) is 14.0. The second-order valence-corrected chi connectivity index (χ2v) is 8.53. The van der Waals surface area contributed by atoms with Crippen LogP contribution in [0, 0.1) is 6.92 Å². The number of carbonyl (C=O) groups is 1. The van der Waals surface area contributed by atoms with Crippen molar-refractivity contribution in [3.05, 3.63) is 53.1 Å². The van der Waals surface area contributed by atoms with Crippen LogP contribution in [0.4, 0.5) is 5.13 Å². The number of nitrogens with one attached hydrogen (secondary N) is 1. The van der Waals surface area contributed by atoms with Crippen molar-refractivity contribution in [3.8, 4) is 5.69 Å². The fraction of sp³-hybridized carbons (Fsp3) is 0.429. The van der Waals surface area contributed by atoms with Crippen LogP contribution in [0.5, 0.6) is 0 Å². The van der Waals surface area contributed by atoms with E-state index < -0.39 is 0 Å². The van der Waals surface area contributed by atoms with Gasteiger partial charge in [-0.15, -0.1) is 16.4 Å². The molecule has 0 unspecified atom stereocenters. The maximum absolute atomic E-state index is 12.8. The van der Waals surface area contributed by atoms with E-state index in [1.54, 1.807) is 16.0 Å². The summed E-state index contributed by atoms with van der Waals surface area (Å²) >= 11 is 1.65. The summed E-state index contributed by atoms with van der Waals surface area (Å²) < 4.78 is 1.77. The first-order valence-electron chi connectivity index (χ1n) is 10.0. The van der Waals surface area contributed by atoms with Crippen molar-refractivity contribution in [1.29, 1.82) is 0 Å². The van der Waals surface area contributed by atoms with Gasteiger partial charge in [0, 0.05) is 30.7 Å². The molecule has 1 aromatic carbocycles. The van der Waals surface area contributed by atoms with Crippen LogP contribution in [0.25, 0.3) is 5.69 Å². The average Bonchev–Trinajstić information content (AvgIpc) is 3.38. The molecular weight excluding hydrogens is 384 g/mol. The first kappa shape index (κ1) is 19.6. The van der Waals surface area contributed by atoms with E-state index >= 15 is 0 Å². The number of amides is 1. The summed E-state index contributed by atoms with van der Waals surface area (Å²) in [6.07, 6.45) is 3.61. The average molecular weight is 411 g/mol. The lowest BCUT2D eigenvalue weighted by Crippen LogP contribution is -2.45. The topological polar surface area (TPSA) is 75.9 Å². The van der Waals surface area contributed by atoms with Crippen molar-refractivity contribution in [2.75, 3.05) is 18.0 Å². The zero-order valence-electron chi connectivity index (χ0n) is 17.0.